The van der Waals surface area contributed by atoms with Crippen molar-refractivity contribution < 1.29 is 18.0 Å². The van der Waals surface area contributed by atoms with Gasteiger partial charge >= 0.3 is 0 Å². The van der Waals surface area contributed by atoms with Crippen molar-refractivity contribution in [2.45, 2.75) is 19.3 Å². The Balaban J connectivity index is 1.98. The van der Waals surface area contributed by atoms with Gasteiger partial charge in [-0.1, -0.05) is 12.2 Å². The first-order valence-corrected chi connectivity index (χ1v) is 6.15. The summed E-state index contributed by atoms with van der Waals surface area (Å²) in [5, 5.41) is 2.61. The molecule has 1 atom stereocenters. The molecule has 1 aromatic rings. The molecule has 0 heterocycles. The zero-order valence-electron chi connectivity index (χ0n) is 10.3. The number of amides is 1. The van der Waals surface area contributed by atoms with E-state index >= 15 is 0 Å². The lowest BCUT2D eigenvalue weighted by atomic mass is 9.94. The minimum atomic E-state index is -1.56. The first-order chi connectivity index (χ1) is 9.08. The minimum absolute atomic E-state index is 0.206. The lowest BCUT2D eigenvalue weighted by Crippen LogP contribution is -2.30. The van der Waals surface area contributed by atoms with E-state index in [0.29, 0.717) is 24.6 Å². The van der Waals surface area contributed by atoms with E-state index < -0.39 is 23.4 Å². The number of hydrogen-bond donors (Lipinski definition) is 1. The van der Waals surface area contributed by atoms with E-state index in [0.717, 1.165) is 19.3 Å². The van der Waals surface area contributed by atoms with Crippen LogP contribution in [-0.4, -0.2) is 12.5 Å². The molecule has 1 aromatic carbocycles. The SMILES string of the molecule is O=C(NCC1CC=CCC1)c1cc(F)c(F)c(F)c1. The summed E-state index contributed by atoms with van der Waals surface area (Å²) in [7, 11) is 0. The number of allylic oxidation sites excluding steroid dienone is 2. The number of carbonyl (C=O) groups is 1. The molecule has 2 nitrogen and oxygen atoms in total. The number of halogens is 3. The maximum Gasteiger partial charge on any atom is 0.251 e. The molecule has 1 aliphatic carbocycles. The van der Waals surface area contributed by atoms with Crippen LogP contribution in [0.4, 0.5) is 13.2 Å². The molecule has 1 N–H and O–H groups in total. The zero-order valence-corrected chi connectivity index (χ0v) is 10.3. The zero-order chi connectivity index (χ0) is 13.8. The highest BCUT2D eigenvalue weighted by atomic mass is 19.2. The largest absolute Gasteiger partial charge is 0.352 e. The summed E-state index contributed by atoms with van der Waals surface area (Å²) in [4.78, 5) is 11.7. The second-order valence-corrected chi connectivity index (χ2v) is 4.61. The maximum atomic E-state index is 13.0. The molecule has 19 heavy (non-hydrogen) atoms. The third-order valence-corrected chi connectivity index (χ3v) is 3.17. The fourth-order valence-corrected chi connectivity index (χ4v) is 2.07. The first kappa shape index (κ1) is 13.6. The summed E-state index contributed by atoms with van der Waals surface area (Å²) in [5.74, 6) is -4.53. The molecule has 0 aliphatic heterocycles. The number of hydrogen-bond acceptors (Lipinski definition) is 1. The molecule has 5 heteroatoms. The van der Waals surface area contributed by atoms with Gasteiger partial charge in [0.15, 0.2) is 17.5 Å². The number of rotatable bonds is 3. The summed E-state index contributed by atoms with van der Waals surface area (Å²) in [6, 6.07) is 1.41. The second-order valence-electron chi connectivity index (χ2n) is 4.61. The fourth-order valence-electron chi connectivity index (χ4n) is 2.07. The highest BCUT2D eigenvalue weighted by Gasteiger charge is 2.16. The lowest BCUT2D eigenvalue weighted by Gasteiger charge is -2.18. The molecule has 0 saturated carbocycles. The smallest absolute Gasteiger partial charge is 0.251 e. The normalized spacial score (nSPS) is 18.4. The summed E-state index contributed by atoms with van der Waals surface area (Å²) in [6.07, 6.45) is 6.97. The predicted octanol–water partition coefficient (Wildman–Crippen LogP) is 3.19. The standard InChI is InChI=1S/C14H14F3NO/c15-11-6-10(7-12(16)13(11)17)14(19)18-8-9-4-2-1-3-5-9/h1-2,6-7,9H,3-5,8H2,(H,18,19). The Morgan fingerprint density at radius 3 is 2.47 bits per heavy atom. The van der Waals surface area contributed by atoms with Gasteiger partial charge in [-0.05, 0) is 37.3 Å². The van der Waals surface area contributed by atoms with E-state index in [1.807, 2.05) is 0 Å². The second kappa shape index (κ2) is 5.91. The van der Waals surface area contributed by atoms with Gasteiger partial charge in [0.25, 0.3) is 5.91 Å². The average Bonchev–Trinajstić information content (AvgIpc) is 2.42. The Labute approximate surface area is 109 Å². The van der Waals surface area contributed by atoms with Crippen LogP contribution in [0.2, 0.25) is 0 Å². The van der Waals surface area contributed by atoms with Gasteiger partial charge in [-0.2, -0.15) is 0 Å². The highest BCUT2D eigenvalue weighted by Crippen LogP contribution is 2.17. The third kappa shape index (κ3) is 3.36. The Bertz CT molecular complexity index is 490. The van der Waals surface area contributed by atoms with Crippen molar-refractivity contribution in [1.82, 2.24) is 5.32 Å². The highest BCUT2D eigenvalue weighted by molar-refractivity contribution is 5.94. The monoisotopic (exact) mass is 269 g/mol. The summed E-state index contributed by atoms with van der Waals surface area (Å²) >= 11 is 0. The first-order valence-electron chi connectivity index (χ1n) is 6.15. The molecule has 0 fully saturated rings. The van der Waals surface area contributed by atoms with Crippen LogP contribution in [0.1, 0.15) is 29.6 Å². The topological polar surface area (TPSA) is 29.1 Å². The third-order valence-electron chi connectivity index (χ3n) is 3.17. The minimum Gasteiger partial charge on any atom is -0.352 e. The summed E-state index contributed by atoms with van der Waals surface area (Å²) in [5.41, 5.74) is -0.206. The Morgan fingerprint density at radius 2 is 1.89 bits per heavy atom. The molecule has 1 aliphatic rings. The molecule has 0 radical (unpaired) electrons. The van der Waals surface area contributed by atoms with E-state index in [1.54, 1.807) is 0 Å². The van der Waals surface area contributed by atoms with Crippen LogP contribution >= 0.6 is 0 Å². The molecule has 0 saturated heterocycles. The number of benzene rings is 1. The fraction of sp³-hybridized carbons (Fsp3) is 0.357. The molecular formula is C14H14F3NO. The van der Waals surface area contributed by atoms with Gasteiger partial charge < -0.3 is 5.32 Å². The number of carbonyl (C=O) groups excluding carboxylic acids is 1. The van der Waals surface area contributed by atoms with E-state index in [2.05, 4.69) is 17.5 Å². The van der Waals surface area contributed by atoms with Crippen LogP contribution in [0.3, 0.4) is 0 Å². The van der Waals surface area contributed by atoms with Crippen LogP contribution in [0.5, 0.6) is 0 Å². The van der Waals surface area contributed by atoms with Gasteiger partial charge in [-0.15, -0.1) is 0 Å². The summed E-state index contributed by atoms with van der Waals surface area (Å²) in [6.45, 7) is 0.448. The Morgan fingerprint density at radius 1 is 1.21 bits per heavy atom. The van der Waals surface area contributed by atoms with Crippen molar-refractivity contribution in [3.05, 3.63) is 47.3 Å². The van der Waals surface area contributed by atoms with Crippen LogP contribution in [0, 0.1) is 23.4 Å². The maximum absolute atomic E-state index is 13.0. The predicted molar refractivity (Wildman–Crippen MR) is 65.1 cm³/mol. The van der Waals surface area contributed by atoms with E-state index in [-0.39, 0.29) is 5.56 Å². The quantitative estimate of drug-likeness (QED) is 0.662. The van der Waals surface area contributed by atoms with E-state index in [1.165, 1.54) is 0 Å². The Kier molecular flexibility index (Phi) is 4.24. The molecule has 0 bridgehead atoms. The van der Waals surface area contributed by atoms with Crippen molar-refractivity contribution in [1.29, 1.82) is 0 Å². The van der Waals surface area contributed by atoms with E-state index in [4.69, 9.17) is 0 Å². The van der Waals surface area contributed by atoms with Gasteiger partial charge in [0.1, 0.15) is 0 Å². The molecule has 102 valence electrons. The van der Waals surface area contributed by atoms with Crippen molar-refractivity contribution >= 4 is 5.91 Å². The molecule has 1 unspecified atom stereocenters. The van der Waals surface area contributed by atoms with Crippen molar-refractivity contribution in [2.75, 3.05) is 6.54 Å². The Hall–Kier alpha value is -1.78. The number of nitrogens with one attached hydrogen (secondary N) is 1. The van der Waals surface area contributed by atoms with Gasteiger partial charge in [-0.25, -0.2) is 13.2 Å². The average molecular weight is 269 g/mol. The van der Waals surface area contributed by atoms with Gasteiger partial charge in [0.05, 0.1) is 0 Å². The van der Waals surface area contributed by atoms with Gasteiger partial charge in [-0.3, -0.25) is 4.79 Å². The van der Waals surface area contributed by atoms with E-state index in [9.17, 15) is 18.0 Å². The van der Waals surface area contributed by atoms with Crippen molar-refractivity contribution in [3.63, 3.8) is 0 Å². The molecular weight excluding hydrogens is 255 g/mol. The lowest BCUT2D eigenvalue weighted by molar-refractivity contribution is 0.0945. The summed E-state index contributed by atoms with van der Waals surface area (Å²) < 4.78 is 38.7. The van der Waals surface area contributed by atoms with Gasteiger partial charge in [0, 0.05) is 12.1 Å². The molecule has 1 amide bonds. The van der Waals surface area contributed by atoms with Crippen LogP contribution in [0.25, 0.3) is 0 Å². The van der Waals surface area contributed by atoms with Crippen LogP contribution in [-0.2, 0) is 0 Å². The van der Waals surface area contributed by atoms with Crippen molar-refractivity contribution in [3.8, 4) is 0 Å². The molecule has 0 aromatic heterocycles. The molecule has 0 spiro atoms. The van der Waals surface area contributed by atoms with Crippen LogP contribution < -0.4 is 5.32 Å². The van der Waals surface area contributed by atoms with Gasteiger partial charge in [0.2, 0.25) is 0 Å². The van der Waals surface area contributed by atoms with Crippen molar-refractivity contribution in [2.24, 2.45) is 5.92 Å². The molecule has 2 rings (SSSR count). The van der Waals surface area contributed by atoms with Crippen LogP contribution in [0.15, 0.2) is 24.3 Å².